The van der Waals surface area contributed by atoms with Crippen molar-refractivity contribution in [3.05, 3.63) is 35.9 Å². The molecule has 0 saturated carbocycles. The van der Waals surface area contributed by atoms with E-state index in [4.69, 9.17) is 4.74 Å². The van der Waals surface area contributed by atoms with E-state index in [1.807, 2.05) is 6.07 Å². The van der Waals surface area contributed by atoms with Gasteiger partial charge in [0.1, 0.15) is 0 Å². The Kier molecular flexibility index (Phi) is 5.21. The van der Waals surface area contributed by atoms with Crippen LogP contribution >= 0.6 is 0 Å². The van der Waals surface area contributed by atoms with Gasteiger partial charge in [-0.25, -0.2) is 4.79 Å². The normalized spacial score (nSPS) is 8.50. The van der Waals surface area contributed by atoms with Crippen LogP contribution in [0.25, 0.3) is 0 Å². The van der Waals surface area contributed by atoms with E-state index in [9.17, 15) is 9.59 Å². The topological polar surface area (TPSA) is 52.6 Å². The predicted octanol–water partition coefficient (Wildman–Crippen LogP) is 1.02. The molecule has 0 fully saturated rings. The quantitative estimate of drug-likeness (QED) is 0.327. The van der Waals surface area contributed by atoms with Crippen molar-refractivity contribution in [3.63, 3.8) is 0 Å². The molecule has 0 saturated heterocycles. The van der Waals surface area contributed by atoms with Crippen LogP contribution in [0.2, 0.25) is 0 Å². The fourth-order valence-electron chi connectivity index (χ4n) is 0.937. The lowest BCUT2D eigenvalue weighted by Crippen LogP contribution is -2.04. The molecule has 0 bridgehead atoms. The summed E-state index contributed by atoms with van der Waals surface area (Å²) in [4.78, 5) is 21.1. The third kappa shape index (κ3) is 4.29. The minimum atomic E-state index is -0.425. The second-order valence-electron chi connectivity index (χ2n) is 2.70. The van der Waals surface area contributed by atoms with Crippen molar-refractivity contribution in [2.24, 2.45) is 0 Å². The highest BCUT2D eigenvalue weighted by molar-refractivity contribution is 5.89. The van der Waals surface area contributed by atoms with Crippen molar-refractivity contribution in [3.8, 4) is 11.8 Å². The summed E-state index contributed by atoms with van der Waals surface area (Å²) < 4.78 is 9.18. The number of benzene rings is 1. The van der Waals surface area contributed by atoms with Crippen LogP contribution in [-0.4, -0.2) is 25.7 Å². The maximum Gasteiger partial charge on any atom is 0.339 e. The Morgan fingerprint density at radius 1 is 1.19 bits per heavy atom. The van der Waals surface area contributed by atoms with E-state index < -0.39 is 5.97 Å². The number of carbonyl (C=O) groups excluding carboxylic acids is 2. The SMILES string of the molecule is O=COCC#CCOC(=O)c1ccccc1. The maximum atomic E-state index is 11.4. The maximum absolute atomic E-state index is 11.4. The molecular formula is C12H10O4. The Bertz CT molecular complexity index is 400. The van der Waals surface area contributed by atoms with Crippen LogP contribution in [0.5, 0.6) is 0 Å². The monoisotopic (exact) mass is 218 g/mol. The van der Waals surface area contributed by atoms with Crippen LogP contribution in [0.4, 0.5) is 0 Å². The third-order valence-electron chi connectivity index (χ3n) is 1.63. The van der Waals surface area contributed by atoms with Gasteiger partial charge in [0, 0.05) is 0 Å². The van der Waals surface area contributed by atoms with Crippen LogP contribution in [0, 0.1) is 11.8 Å². The van der Waals surface area contributed by atoms with Crippen LogP contribution in [0.3, 0.4) is 0 Å². The Morgan fingerprint density at radius 3 is 2.56 bits per heavy atom. The standard InChI is InChI=1S/C12H10O4/c13-10-15-8-4-5-9-16-12(14)11-6-2-1-3-7-11/h1-3,6-7,10H,8-9H2. The summed E-state index contributed by atoms with van der Waals surface area (Å²) in [5.74, 6) is 4.63. The van der Waals surface area contributed by atoms with Gasteiger partial charge in [0.05, 0.1) is 5.56 Å². The van der Waals surface area contributed by atoms with Crippen molar-refractivity contribution in [1.82, 2.24) is 0 Å². The van der Waals surface area contributed by atoms with Crippen molar-refractivity contribution in [2.45, 2.75) is 0 Å². The highest BCUT2D eigenvalue weighted by Gasteiger charge is 2.03. The first-order chi connectivity index (χ1) is 7.84. The fourth-order valence-corrected chi connectivity index (χ4v) is 0.937. The Labute approximate surface area is 93.2 Å². The second-order valence-corrected chi connectivity index (χ2v) is 2.70. The molecule has 0 aliphatic heterocycles. The molecule has 16 heavy (non-hydrogen) atoms. The number of esters is 1. The molecule has 1 aromatic rings. The average Bonchev–Trinajstić information content (AvgIpc) is 2.34. The molecule has 4 heteroatoms. The van der Waals surface area contributed by atoms with Gasteiger partial charge in [-0.15, -0.1) is 0 Å². The zero-order chi connectivity index (χ0) is 11.6. The number of rotatable bonds is 4. The van der Waals surface area contributed by atoms with Gasteiger partial charge in [0.2, 0.25) is 0 Å². The molecule has 1 aromatic carbocycles. The Hall–Kier alpha value is -2.28. The second kappa shape index (κ2) is 7.07. The van der Waals surface area contributed by atoms with Crippen molar-refractivity contribution in [1.29, 1.82) is 0 Å². The van der Waals surface area contributed by atoms with E-state index in [0.717, 1.165) is 0 Å². The molecule has 0 aliphatic rings. The summed E-state index contributed by atoms with van der Waals surface area (Å²) in [5, 5.41) is 0. The zero-order valence-electron chi connectivity index (χ0n) is 8.51. The summed E-state index contributed by atoms with van der Waals surface area (Å²) in [6.45, 7) is 0.299. The number of hydrogen-bond donors (Lipinski definition) is 0. The summed E-state index contributed by atoms with van der Waals surface area (Å²) in [7, 11) is 0. The first-order valence-electron chi connectivity index (χ1n) is 4.57. The van der Waals surface area contributed by atoms with Crippen LogP contribution in [0.15, 0.2) is 30.3 Å². The van der Waals surface area contributed by atoms with E-state index in [1.54, 1.807) is 24.3 Å². The number of ether oxygens (including phenoxy) is 2. The van der Waals surface area contributed by atoms with Gasteiger partial charge in [-0.1, -0.05) is 30.0 Å². The van der Waals surface area contributed by atoms with Crippen LogP contribution in [0.1, 0.15) is 10.4 Å². The van der Waals surface area contributed by atoms with E-state index in [0.29, 0.717) is 12.0 Å². The van der Waals surface area contributed by atoms with E-state index >= 15 is 0 Å². The molecule has 0 unspecified atom stereocenters. The zero-order valence-corrected chi connectivity index (χ0v) is 8.51. The highest BCUT2D eigenvalue weighted by Crippen LogP contribution is 2.00. The number of hydrogen-bond acceptors (Lipinski definition) is 4. The molecule has 0 atom stereocenters. The van der Waals surface area contributed by atoms with Crippen molar-refractivity contribution in [2.75, 3.05) is 13.2 Å². The highest BCUT2D eigenvalue weighted by atomic mass is 16.5. The summed E-state index contributed by atoms with van der Waals surface area (Å²) in [5.41, 5.74) is 0.480. The van der Waals surface area contributed by atoms with E-state index in [-0.39, 0.29) is 13.2 Å². The van der Waals surface area contributed by atoms with Crippen molar-refractivity contribution < 1.29 is 19.1 Å². The van der Waals surface area contributed by atoms with E-state index in [1.165, 1.54) is 0 Å². The third-order valence-corrected chi connectivity index (χ3v) is 1.63. The minimum Gasteiger partial charge on any atom is -0.455 e. The molecule has 0 radical (unpaired) electrons. The Balaban J connectivity index is 2.30. The van der Waals surface area contributed by atoms with Gasteiger partial charge < -0.3 is 9.47 Å². The lowest BCUT2D eigenvalue weighted by molar-refractivity contribution is -0.127. The predicted molar refractivity (Wildman–Crippen MR) is 56.5 cm³/mol. The van der Waals surface area contributed by atoms with Crippen molar-refractivity contribution >= 4 is 12.4 Å². The van der Waals surface area contributed by atoms with Gasteiger partial charge >= 0.3 is 5.97 Å². The fraction of sp³-hybridized carbons (Fsp3) is 0.167. The van der Waals surface area contributed by atoms with Gasteiger partial charge in [0.15, 0.2) is 13.2 Å². The lowest BCUT2D eigenvalue weighted by atomic mass is 10.2. The van der Waals surface area contributed by atoms with Crippen LogP contribution in [-0.2, 0) is 14.3 Å². The first kappa shape index (κ1) is 11.8. The summed E-state index contributed by atoms with van der Waals surface area (Å²) in [6, 6.07) is 8.63. The number of carbonyl (C=O) groups is 2. The molecule has 0 heterocycles. The summed E-state index contributed by atoms with van der Waals surface area (Å²) in [6.07, 6.45) is 0. The van der Waals surface area contributed by atoms with Gasteiger partial charge in [-0.3, -0.25) is 4.79 Å². The molecule has 1 rings (SSSR count). The minimum absolute atomic E-state index is 0.00634. The van der Waals surface area contributed by atoms with Gasteiger partial charge in [-0.2, -0.15) is 0 Å². The molecular weight excluding hydrogens is 208 g/mol. The summed E-state index contributed by atoms with van der Waals surface area (Å²) >= 11 is 0. The lowest BCUT2D eigenvalue weighted by Gasteiger charge is -1.99. The van der Waals surface area contributed by atoms with Crippen LogP contribution < -0.4 is 0 Å². The largest absolute Gasteiger partial charge is 0.455 e. The Morgan fingerprint density at radius 2 is 1.88 bits per heavy atom. The smallest absolute Gasteiger partial charge is 0.339 e. The molecule has 0 aliphatic carbocycles. The molecule has 4 nitrogen and oxygen atoms in total. The van der Waals surface area contributed by atoms with Gasteiger partial charge in [-0.05, 0) is 12.1 Å². The molecule has 0 amide bonds. The molecule has 0 spiro atoms. The first-order valence-corrected chi connectivity index (χ1v) is 4.57. The average molecular weight is 218 g/mol. The van der Waals surface area contributed by atoms with Gasteiger partial charge in [0.25, 0.3) is 6.47 Å². The van der Waals surface area contributed by atoms with E-state index in [2.05, 4.69) is 16.6 Å². The molecule has 0 aromatic heterocycles. The molecule has 82 valence electrons. The molecule has 0 N–H and O–H groups in total.